The molecule has 0 amide bonds. The first-order chi connectivity index (χ1) is 14.3. The molecule has 0 spiro atoms. The van der Waals surface area contributed by atoms with Gasteiger partial charge in [-0.2, -0.15) is 18.2 Å². The van der Waals surface area contributed by atoms with E-state index in [0.717, 1.165) is 23.4 Å². The zero-order valence-electron chi connectivity index (χ0n) is 15.6. The normalized spacial score (nSPS) is 11.8. The summed E-state index contributed by atoms with van der Waals surface area (Å²) in [4.78, 5) is 8.54. The molecule has 0 aliphatic rings. The number of pyridine rings is 1. The van der Waals surface area contributed by atoms with Crippen LogP contribution < -0.4 is 4.74 Å². The number of fused-ring (bicyclic) bond motifs is 1. The van der Waals surface area contributed by atoms with Crippen LogP contribution in [-0.2, 0) is 6.18 Å². The number of hydrogen-bond donors (Lipinski definition) is 0. The molecule has 6 nitrogen and oxygen atoms in total. The summed E-state index contributed by atoms with van der Waals surface area (Å²) in [5.41, 5.74) is 1.05. The fourth-order valence-corrected chi connectivity index (χ4v) is 3.14. The summed E-state index contributed by atoms with van der Waals surface area (Å²) in [6.07, 6.45) is -0.625. The van der Waals surface area contributed by atoms with Crippen molar-refractivity contribution in [3.05, 3.63) is 65.5 Å². The van der Waals surface area contributed by atoms with Crippen LogP contribution in [0.5, 0.6) is 5.75 Å². The van der Waals surface area contributed by atoms with Crippen LogP contribution in [0.15, 0.2) is 53.8 Å². The van der Waals surface area contributed by atoms with Gasteiger partial charge in [0.05, 0.1) is 10.6 Å². The molecule has 4 rings (SSSR count). The molecule has 0 unspecified atom stereocenters. The van der Waals surface area contributed by atoms with Gasteiger partial charge >= 0.3 is 6.18 Å². The number of nitrogens with zero attached hydrogens (tertiary/aromatic N) is 4. The first-order valence-electron chi connectivity index (χ1n) is 8.70. The summed E-state index contributed by atoms with van der Waals surface area (Å²) in [6, 6.07) is 6.22. The fourth-order valence-electron chi connectivity index (χ4n) is 2.88. The van der Waals surface area contributed by atoms with Crippen LogP contribution in [0.3, 0.4) is 0 Å². The van der Waals surface area contributed by atoms with Gasteiger partial charge in [0.15, 0.2) is 5.65 Å². The maximum Gasteiger partial charge on any atom is 0.417 e. The third kappa shape index (κ3) is 3.76. The third-order valence-corrected chi connectivity index (χ3v) is 4.56. The highest BCUT2D eigenvalue weighted by atomic mass is 35.5. The molecule has 0 saturated carbocycles. The van der Waals surface area contributed by atoms with E-state index >= 15 is 0 Å². The first kappa shape index (κ1) is 20.0. The second kappa shape index (κ2) is 7.49. The number of imidazole rings is 1. The van der Waals surface area contributed by atoms with Crippen LogP contribution in [0.1, 0.15) is 11.1 Å². The van der Waals surface area contributed by atoms with Crippen LogP contribution in [0.25, 0.3) is 28.6 Å². The molecule has 0 aliphatic carbocycles. The van der Waals surface area contributed by atoms with Gasteiger partial charge in [0.2, 0.25) is 5.82 Å². The van der Waals surface area contributed by atoms with Gasteiger partial charge in [-0.1, -0.05) is 29.4 Å². The molecule has 0 saturated heterocycles. The highest BCUT2D eigenvalue weighted by Gasteiger charge is 2.32. The Hall–Kier alpha value is -3.33. The van der Waals surface area contributed by atoms with Gasteiger partial charge in [-0.25, -0.2) is 4.98 Å². The van der Waals surface area contributed by atoms with E-state index < -0.39 is 11.7 Å². The van der Waals surface area contributed by atoms with Gasteiger partial charge in [-0.3, -0.25) is 0 Å². The molecule has 1 aromatic carbocycles. The monoisotopic (exact) mass is 434 g/mol. The average Bonchev–Trinajstić information content (AvgIpc) is 3.33. The lowest BCUT2D eigenvalue weighted by atomic mass is 10.1. The molecule has 4 aromatic rings. The predicted octanol–water partition coefficient (Wildman–Crippen LogP) is 5.60. The van der Waals surface area contributed by atoms with Crippen LogP contribution in [0, 0.1) is 6.92 Å². The third-order valence-electron chi connectivity index (χ3n) is 4.29. The largest absolute Gasteiger partial charge is 0.490 e. The highest BCUT2D eigenvalue weighted by molar-refractivity contribution is 6.33. The summed E-state index contributed by atoms with van der Waals surface area (Å²) in [6.45, 7) is 5.86. The Labute approximate surface area is 173 Å². The van der Waals surface area contributed by atoms with Crippen molar-refractivity contribution >= 4 is 17.2 Å². The molecule has 0 fully saturated rings. The van der Waals surface area contributed by atoms with E-state index in [1.165, 1.54) is 10.6 Å². The van der Waals surface area contributed by atoms with Crippen LogP contribution in [0.2, 0.25) is 5.02 Å². The molecular weight excluding hydrogens is 421 g/mol. The lowest BCUT2D eigenvalue weighted by molar-refractivity contribution is -0.137. The van der Waals surface area contributed by atoms with E-state index in [9.17, 15) is 13.2 Å². The van der Waals surface area contributed by atoms with Crippen molar-refractivity contribution in [1.82, 2.24) is 19.5 Å². The molecule has 0 bridgehead atoms. The summed E-state index contributed by atoms with van der Waals surface area (Å²) in [7, 11) is 0. The number of aromatic nitrogens is 4. The molecule has 0 atom stereocenters. The van der Waals surface area contributed by atoms with Crippen molar-refractivity contribution in [2.24, 2.45) is 0 Å². The second-order valence-corrected chi connectivity index (χ2v) is 6.84. The van der Waals surface area contributed by atoms with E-state index in [4.69, 9.17) is 20.9 Å². The van der Waals surface area contributed by atoms with Crippen molar-refractivity contribution in [2.45, 2.75) is 13.1 Å². The first-order valence-corrected chi connectivity index (χ1v) is 9.08. The minimum atomic E-state index is -4.53. The minimum Gasteiger partial charge on any atom is -0.490 e. The molecule has 0 radical (unpaired) electrons. The summed E-state index contributed by atoms with van der Waals surface area (Å²) in [5, 5.41) is 3.82. The van der Waals surface area contributed by atoms with E-state index in [1.54, 1.807) is 18.2 Å². The van der Waals surface area contributed by atoms with E-state index in [-0.39, 0.29) is 22.3 Å². The molecule has 10 heteroatoms. The maximum absolute atomic E-state index is 13.0. The van der Waals surface area contributed by atoms with Gasteiger partial charge in [0.25, 0.3) is 5.89 Å². The van der Waals surface area contributed by atoms with Crippen molar-refractivity contribution in [3.63, 3.8) is 0 Å². The number of ether oxygens (including phenoxy) is 1. The van der Waals surface area contributed by atoms with Crippen molar-refractivity contribution < 1.29 is 22.4 Å². The van der Waals surface area contributed by atoms with E-state index in [1.807, 2.05) is 13.0 Å². The molecule has 0 aliphatic heterocycles. The summed E-state index contributed by atoms with van der Waals surface area (Å²) in [5.74, 6) is 1.05. The number of halogens is 4. The Bertz CT molecular complexity index is 1250. The standard InChI is InChI=1S/C20H14ClF3N4O2/c1-3-6-29-13-4-5-14(11(2)7-13)17-26-19(30-27-17)16-10-28-9-12(20(22,23)24)8-15(21)18(28)25-16/h3-5,7-10H,1,6H2,2H3. The molecule has 30 heavy (non-hydrogen) atoms. The second-order valence-electron chi connectivity index (χ2n) is 6.43. The molecule has 154 valence electrons. The molecular formula is C20H14ClF3N4O2. The molecule has 3 heterocycles. The molecule has 0 N–H and O–H groups in total. The zero-order valence-corrected chi connectivity index (χ0v) is 16.3. The lowest BCUT2D eigenvalue weighted by Gasteiger charge is -2.07. The molecule has 3 aromatic heterocycles. The Kier molecular flexibility index (Phi) is 4.98. The number of hydrogen-bond acceptors (Lipinski definition) is 5. The number of aryl methyl sites for hydroxylation is 1. The van der Waals surface area contributed by atoms with Crippen molar-refractivity contribution in [3.8, 4) is 28.7 Å². The van der Waals surface area contributed by atoms with Crippen LogP contribution in [-0.4, -0.2) is 26.1 Å². The smallest absolute Gasteiger partial charge is 0.417 e. The Morgan fingerprint density at radius 3 is 2.73 bits per heavy atom. The SMILES string of the molecule is C=CCOc1ccc(-c2noc(-c3cn4cc(C(F)(F)F)cc(Cl)c4n3)n2)c(C)c1. The topological polar surface area (TPSA) is 65.5 Å². The van der Waals surface area contributed by atoms with Gasteiger partial charge in [0, 0.05) is 18.0 Å². The Morgan fingerprint density at radius 2 is 2.03 bits per heavy atom. The van der Waals surface area contributed by atoms with Crippen LogP contribution in [0.4, 0.5) is 13.2 Å². The van der Waals surface area contributed by atoms with E-state index in [0.29, 0.717) is 18.2 Å². The quantitative estimate of drug-likeness (QED) is 0.383. The van der Waals surface area contributed by atoms with Gasteiger partial charge in [-0.15, -0.1) is 0 Å². The van der Waals surface area contributed by atoms with Gasteiger partial charge < -0.3 is 13.7 Å². The predicted molar refractivity (Wildman–Crippen MR) is 104 cm³/mol. The number of benzene rings is 1. The zero-order chi connectivity index (χ0) is 21.5. The minimum absolute atomic E-state index is 0.0599. The van der Waals surface area contributed by atoms with Crippen molar-refractivity contribution in [2.75, 3.05) is 6.61 Å². The lowest BCUT2D eigenvalue weighted by Crippen LogP contribution is -2.06. The number of alkyl halides is 3. The van der Waals surface area contributed by atoms with Gasteiger partial charge in [-0.05, 0) is 36.8 Å². The number of rotatable bonds is 5. The maximum atomic E-state index is 13.0. The average molecular weight is 435 g/mol. The Balaban J connectivity index is 1.68. The van der Waals surface area contributed by atoms with Crippen LogP contribution >= 0.6 is 11.6 Å². The fraction of sp³-hybridized carbons (Fsp3) is 0.150. The summed E-state index contributed by atoms with van der Waals surface area (Å²) < 4.78 is 51.0. The van der Waals surface area contributed by atoms with E-state index in [2.05, 4.69) is 21.7 Å². The summed E-state index contributed by atoms with van der Waals surface area (Å²) >= 11 is 5.97. The van der Waals surface area contributed by atoms with Gasteiger partial charge in [0.1, 0.15) is 18.1 Å². The Morgan fingerprint density at radius 1 is 1.23 bits per heavy atom. The van der Waals surface area contributed by atoms with Crippen molar-refractivity contribution in [1.29, 1.82) is 0 Å². The highest BCUT2D eigenvalue weighted by Crippen LogP contribution is 2.33.